The van der Waals surface area contributed by atoms with Gasteiger partial charge in [-0.1, -0.05) is 26.0 Å². The highest BCUT2D eigenvalue weighted by atomic mass is 16.5. The molecular formula is C22H30N2O3. The highest BCUT2D eigenvalue weighted by Crippen LogP contribution is 2.24. The van der Waals surface area contributed by atoms with E-state index in [2.05, 4.69) is 24.5 Å². The van der Waals surface area contributed by atoms with Gasteiger partial charge in [0.05, 0.1) is 24.9 Å². The second-order valence-electron chi connectivity index (χ2n) is 7.12. The van der Waals surface area contributed by atoms with Crippen LogP contribution in [0.25, 0.3) is 0 Å². The molecule has 2 aromatic rings. The third-order valence-corrected chi connectivity index (χ3v) is 3.79. The lowest BCUT2D eigenvalue weighted by atomic mass is 10.1. The molecule has 0 spiro atoms. The molecule has 2 N–H and O–H groups in total. The number of anilines is 2. The molecule has 5 nitrogen and oxygen atoms in total. The van der Waals surface area contributed by atoms with E-state index in [1.54, 1.807) is 0 Å². The molecule has 0 aliphatic carbocycles. The minimum atomic E-state index is -0.122. The zero-order valence-corrected chi connectivity index (χ0v) is 16.6. The molecular weight excluding hydrogens is 340 g/mol. The summed E-state index contributed by atoms with van der Waals surface area (Å²) in [6, 6.07) is 15.0. The highest BCUT2D eigenvalue weighted by molar-refractivity contribution is 5.94. The number of hydrogen-bond acceptors (Lipinski definition) is 4. The van der Waals surface area contributed by atoms with E-state index in [0.717, 1.165) is 29.3 Å². The van der Waals surface area contributed by atoms with Crippen molar-refractivity contribution in [3.8, 4) is 11.5 Å². The number of rotatable bonds is 10. The molecule has 0 unspecified atom stereocenters. The standard InChI is InChI=1S/C22H30N2O3/c1-16(2)13-14-26-19-11-9-18(10-12-19)24-22(25)15-23-20-7-5-6-8-21(20)27-17(3)4/h5-12,16-17,23H,13-15H2,1-4H3,(H,24,25). The van der Waals surface area contributed by atoms with Crippen LogP contribution in [0.15, 0.2) is 48.5 Å². The van der Waals surface area contributed by atoms with Crippen LogP contribution in [0.2, 0.25) is 0 Å². The van der Waals surface area contributed by atoms with E-state index in [-0.39, 0.29) is 18.6 Å². The monoisotopic (exact) mass is 370 g/mol. The van der Waals surface area contributed by atoms with Gasteiger partial charge in [-0.2, -0.15) is 0 Å². The molecule has 0 fully saturated rings. The molecule has 2 rings (SSSR count). The molecule has 1 amide bonds. The summed E-state index contributed by atoms with van der Waals surface area (Å²) < 4.78 is 11.4. The van der Waals surface area contributed by atoms with Crippen molar-refractivity contribution in [2.75, 3.05) is 23.8 Å². The molecule has 0 atom stereocenters. The number of para-hydroxylation sites is 2. The zero-order valence-electron chi connectivity index (χ0n) is 16.6. The Balaban J connectivity index is 1.82. The Labute approximate surface area is 162 Å². The molecule has 0 heterocycles. The fraction of sp³-hybridized carbons (Fsp3) is 0.409. The molecule has 0 saturated heterocycles. The predicted molar refractivity (Wildman–Crippen MR) is 111 cm³/mol. The average molecular weight is 370 g/mol. The van der Waals surface area contributed by atoms with Crippen molar-refractivity contribution in [2.24, 2.45) is 5.92 Å². The van der Waals surface area contributed by atoms with Crippen LogP contribution < -0.4 is 20.1 Å². The Morgan fingerprint density at radius 2 is 1.70 bits per heavy atom. The summed E-state index contributed by atoms with van der Waals surface area (Å²) in [5.74, 6) is 2.05. The summed E-state index contributed by atoms with van der Waals surface area (Å²) >= 11 is 0. The molecule has 27 heavy (non-hydrogen) atoms. The fourth-order valence-electron chi connectivity index (χ4n) is 2.40. The maximum atomic E-state index is 12.2. The molecule has 0 radical (unpaired) electrons. The zero-order chi connectivity index (χ0) is 19.6. The first-order valence-corrected chi connectivity index (χ1v) is 9.46. The first-order chi connectivity index (χ1) is 12.9. The summed E-state index contributed by atoms with van der Waals surface area (Å²) in [6.45, 7) is 9.14. The number of carbonyl (C=O) groups is 1. The second-order valence-corrected chi connectivity index (χ2v) is 7.12. The van der Waals surface area contributed by atoms with Crippen molar-refractivity contribution in [3.63, 3.8) is 0 Å². The number of hydrogen-bond donors (Lipinski definition) is 2. The highest BCUT2D eigenvalue weighted by Gasteiger charge is 2.07. The molecule has 0 aliphatic rings. The van der Waals surface area contributed by atoms with Crippen molar-refractivity contribution in [2.45, 2.75) is 40.2 Å². The predicted octanol–water partition coefficient (Wildman–Crippen LogP) is 4.95. The molecule has 146 valence electrons. The van der Waals surface area contributed by atoms with Crippen molar-refractivity contribution >= 4 is 17.3 Å². The summed E-state index contributed by atoms with van der Waals surface area (Å²) in [7, 11) is 0. The van der Waals surface area contributed by atoms with Gasteiger partial charge in [-0.25, -0.2) is 0 Å². The minimum Gasteiger partial charge on any atom is -0.494 e. The Kier molecular flexibility index (Phi) is 7.99. The SMILES string of the molecule is CC(C)CCOc1ccc(NC(=O)CNc2ccccc2OC(C)C)cc1. The van der Waals surface area contributed by atoms with E-state index in [1.165, 1.54) is 0 Å². The van der Waals surface area contributed by atoms with Crippen molar-refractivity contribution < 1.29 is 14.3 Å². The van der Waals surface area contributed by atoms with E-state index < -0.39 is 0 Å². The van der Waals surface area contributed by atoms with Crippen LogP contribution in [-0.4, -0.2) is 25.2 Å². The van der Waals surface area contributed by atoms with Crippen LogP contribution in [0.3, 0.4) is 0 Å². The van der Waals surface area contributed by atoms with Crippen LogP contribution in [0.1, 0.15) is 34.1 Å². The van der Waals surface area contributed by atoms with E-state index in [4.69, 9.17) is 9.47 Å². The fourth-order valence-corrected chi connectivity index (χ4v) is 2.40. The summed E-state index contributed by atoms with van der Waals surface area (Å²) in [5.41, 5.74) is 1.54. The Bertz CT molecular complexity index is 712. The summed E-state index contributed by atoms with van der Waals surface area (Å²) in [4.78, 5) is 12.2. The normalized spacial score (nSPS) is 10.7. The lowest BCUT2D eigenvalue weighted by molar-refractivity contribution is -0.114. The van der Waals surface area contributed by atoms with Gasteiger partial charge in [0.2, 0.25) is 5.91 Å². The Morgan fingerprint density at radius 1 is 1.00 bits per heavy atom. The lowest BCUT2D eigenvalue weighted by Crippen LogP contribution is -2.22. The van der Waals surface area contributed by atoms with E-state index in [0.29, 0.717) is 12.5 Å². The molecule has 0 saturated carbocycles. The Morgan fingerprint density at radius 3 is 2.37 bits per heavy atom. The summed E-state index contributed by atoms with van der Waals surface area (Å²) in [5, 5.41) is 6.00. The molecule has 5 heteroatoms. The van der Waals surface area contributed by atoms with Crippen molar-refractivity contribution in [1.82, 2.24) is 0 Å². The van der Waals surface area contributed by atoms with Crippen molar-refractivity contribution in [3.05, 3.63) is 48.5 Å². The summed E-state index contributed by atoms with van der Waals surface area (Å²) in [6.07, 6.45) is 1.09. The second kappa shape index (κ2) is 10.5. The molecule has 0 bridgehead atoms. The van der Waals surface area contributed by atoms with E-state index in [9.17, 15) is 4.79 Å². The maximum Gasteiger partial charge on any atom is 0.243 e. The third kappa shape index (κ3) is 7.60. The van der Waals surface area contributed by atoms with Crippen LogP contribution in [0.4, 0.5) is 11.4 Å². The largest absolute Gasteiger partial charge is 0.494 e. The van der Waals surface area contributed by atoms with Crippen LogP contribution in [-0.2, 0) is 4.79 Å². The number of nitrogens with one attached hydrogen (secondary N) is 2. The lowest BCUT2D eigenvalue weighted by Gasteiger charge is -2.15. The molecule has 0 aromatic heterocycles. The van der Waals surface area contributed by atoms with Gasteiger partial charge in [0.15, 0.2) is 0 Å². The van der Waals surface area contributed by atoms with Crippen molar-refractivity contribution in [1.29, 1.82) is 0 Å². The van der Waals surface area contributed by atoms with Gasteiger partial charge in [0.25, 0.3) is 0 Å². The average Bonchev–Trinajstić information content (AvgIpc) is 2.62. The third-order valence-electron chi connectivity index (χ3n) is 3.79. The van der Waals surface area contributed by atoms with Crippen LogP contribution >= 0.6 is 0 Å². The topological polar surface area (TPSA) is 59.6 Å². The quantitative estimate of drug-likeness (QED) is 0.621. The van der Waals surface area contributed by atoms with Gasteiger partial charge in [-0.05, 0) is 62.6 Å². The van der Waals surface area contributed by atoms with Gasteiger partial charge in [-0.15, -0.1) is 0 Å². The Hall–Kier alpha value is -2.69. The van der Waals surface area contributed by atoms with E-state index in [1.807, 2.05) is 62.4 Å². The first-order valence-electron chi connectivity index (χ1n) is 9.46. The smallest absolute Gasteiger partial charge is 0.243 e. The minimum absolute atomic E-state index is 0.0723. The number of amides is 1. The van der Waals surface area contributed by atoms with Crippen LogP contribution in [0, 0.1) is 5.92 Å². The number of benzene rings is 2. The van der Waals surface area contributed by atoms with Gasteiger partial charge >= 0.3 is 0 Å². The number of ether oxygens (including phenoxy) is 2. The number of carbonyl (C=O) groups excluding carboxylic acids is 1. The van der Waals surface area contributed by atoms with Gasteiger partial charge < -0.3 is 20.1 Å². The molecule has 0 aliphatic heterocycles. The maximum absolute atomic E-state index is 12.2. The first kappa shape index (κ1) is 20.6. The van der Waals surface area contributed by atoms with Gasteiger partial charge in [0, 0.05) is 5.69 Å². The van der Waals surface area contributed by atoms with Gasteiger partial charge in [-0.3, -0.25) is 4.79 Å². The van der Waals surface area contributed by atoms with E-state index >= 15 is 0 Å². The molecule has 2 aromatic carbocycles. The van der Waals surface area contributed by atoms with Gasteiger partial charge in [0.1, 0.15) is 11.5 Å². The van der Waals surface area contributed by atoms with Crippen LogP contribution in [0.5, 0.6) is 11.5 Å².